The van der Waals surface area contributed by atoms with Crippen molar-refractivity contribution in [1.82, 2.24) is 0 Å². The summed E-state index contributed by atoms with van der Waals surface area (Å²) < 4.78 is 5.77. The molecule has 140 valence electrons. The number of epoxide rings is 1. The molecular formula is C23H42O. The summed E-state index contributed by atoms with van der Waals surface area (Å²) in [5.41, 5.74) is 0. The van der Waals surface area contributed by atoms with Gasteiger partial charge in [0.15, 0.2) is 0 Å². The fraction of sp³-hybridized carbons (Fsp3) is 0.826. The molecule has 1 fully saturated rings. The van der Waals surface area contributed by atoms with Gasteiger partial charge in [0.05, 0.1) is 12.2 Å². The van der Waals surface area contributed by atoms with E-state index in [1.807, 2.05) is 0 Å². The Bertz CT molecular complexity index is 318. The van der Waals surface area contributed by atoms with Gasteiger partial charge in [-0.05, 0) is 25.7 Å². The Hall–Kier alpha value is -0.560. The first-order valence-corrected chi connectivity index (χ1v) is 10.8. The highest BCUT2D eigenvalue weighted by Gasteiger charge is 2.36. The summed E-state index contributed by atoms with van der Waals surface area (Å²) in [4.78, 5) is 0. The molecule has 0 saturated carbocycles. The predicted octanol–water partition coefficient (Wildman–Crippen LogP) is 7.76. The molecule has 0 aromatic heterocycles. The fourth-order valence-electron chi connectivity index (χ4n) is 3.32. The van der Waals surface area contributed by atoms with E-state index in [1.54, 1.807) is 0 Å². The van der Waals surface area contributed by atoms with Crippen molar-refractivity contribution in [3.63, 3.8) is 0 Å². The van der Waals surface area contributed by atoms with Crippen LogP contribution in [-0.2, 0) is 4.74 Å². The Morgan fingerprint density at radius 2 is 1.21 bits per heavy atom. The Morgan fingerprint density at radius 3 is 1.83 bits per heavy atom. The van der Waals surface area contributed by atoms with Crippen molar-refractivity contribution in [2.24, 2.45) is 0 Å². The van der Waals surface area contributed by atoms with Crippen molar-refractivity contribution < 1.29 is 4.74 Å². The van der Waals surface area contributed by atoms with Crippen LogP contribution in [0.3, 0.4) is 0 Å². The molecule has 0 aromatic rings. The Morgan fingerprint density at radius 1 is 0.625 bits per heavy atom. The Kier molecular flexibility index (Phi) is 14.3. The van der Waals surface area contributed by atoms with Crippen molar-refractivity contribution in [3.8, 4) is 0 Å². The maximum Gasteiger partial charge on any atom is 0.0876 e. The second-order valence-electron chi connectivity index (χ2n) is 7.36. The molecule has 1 heterocycles. The van der Waals surface area contributed by atoms with Gasteiger partial charge in [0, 0.05) is 0 Å². The van der Waals surface area contributed by atoms with E-state index in [2.05, 4.69) is 38.2 Å². The van der Waals surface area contributed by atoms with Gasteiger partial charge >= 0.3 is 0 Å². The summed E-state index contributed by atoms with van der Waals surface area (Å²) in [7, 11) is 0. The van der Waals surface area contributed by atoms with E-state index in [0.29, 0.717) is 12.2 Å². The molecule has 1 aliphatic heterocycles. The Labute approximate surface area is 151 Å². The summed E-state index contributed by atoms with van der Waals surface area (Å²) in [6, 6.07) is 0. The largest absolute Gasteiger partial charge is 0.369 e. The maximum absolute atomic E-state index is 5.77. The first-order chi connectivity index (χ1) is 11.9. The molecule has 0 amide bonds. The molecule has 0 spiro atoms. The van der Waals surface area contributed by atoms with E-state index >= 15 is 0 Å². The van der Waals surface area contributed by atoms with E-state index in [9.17, 15) is 0 Å². The third-order valence-corrected chi connectivity index (χ3v) is 4.99. The first kappa shape index (κ1) is 21.5. The number of hydrogen-bond acceptors (Lipinski definition) is 1. The summed E-state index contributed by atoms with van der Waals surface area (Å²) >= 11 is 0. The highest BCUT2D eigenvalue weighted by atomic mass is 16.6. The third kappa shape index (κ3) is 12.8. The smallest absolute Gasteiger partial charge is 0.0876 e. The maximum atomic E-state index is 5.77. The highest BCUT2D eigenvalue weighted by Crippen LogP contribution is 2.30. The zero-order chi connectivity index (χ0) is 17.3. The minimum Gasteiger partial charge on any atom is -0.369 e. The topological polar surface area (TPSA) is 12.5 Å². The van der Waals surface area contributed by atoms with Crippen LogP contribution < -0.4 is 0 Å². The average molecular weight is 335 g/mol. The molecule has 24 heavy (non-hydrogen) atoms. The van der Waals surface area contributed by atoms with Crippen molar-refractivity contribution in [3.05, 3.63) is 24.3 Å². The van der Waals surface area contributed by atoms with Gasteiger partial charge in [-0.1, -0.05) is 109 Å². The number of rotatable bonds is 17. The van der Waals surface area contributed by atoms with Gasteiger partial charge in [-0.25, -0.2) is 0 Å². The molecule has 1 heteroatoms. The van der Waals surface area contributed by atoms with E-state index in [-0.39, 0.29) is 0 Å². The fourth-order valence-corrected chi connectivity index (χ4v) is 3.32. The van der Waals surface area contributed by atoms with Crippen molar-refractivity contribution in [2.75, 3.05) is 0 Å². The molecule has 2 atom stereocenters. The Balaban J connectivity index is 1.77. The highest BCUT2D eigenvalue weighted by molar-refractivity contribution is 4.97. The SMILES string of the molecule is CCC=CCC=CCC1OC1CCCCCCCCCCCCC. The van der Waals surface area contributed by atoms with Crippen LogP contribution in [0.2, 0.25) is 0 Å². The van der Waals surface area contributed by atoms with Crippen LogP contribution in [0.15, 0.2) is 24.3 Å². The normalized spacial score (nSPS) is 20.4. The molecule has 0 aromatic carbocycles. The predicted molar refractivity (Wildman–Crippen MR) is 108 cm³/mol. The molecule has 1 aliphatic rings. The number of hydrogen-bond donors (Lipinski definition) is 0. The molecule has 0 aliphatic carbocycles. The standard InChI is InChI=1S/C23H42O/c1-3-5-7-9-11-12-13-14-15-17-19-21-23-22(24-23)20-18-16-10-8-6-4-2/h6,8,16,18,22-23H,3-5,7,9-15,17,19-21H2,1-2H3. The van der Waals surface area contributed by atoms with E-state index in [0.717, 1.165) is 19.3 Å². The summed E-state index contributed by atoms with van der Waals surface area (Å²) in [6.45, 7) is 4.47. The lowest BCUT2D eigenvalue weighted by molar-refractivity contribution is 0.358. The minimum absolute atomic E-state index is 0.527. The molecule has 2 unspecified atom stereocenters. The van der Waals surface area contributed by atoms with E-state index in [4.69, 9.17) is 4.74 Å². The van der Waals surface area contributed by atoms with Gasteiger partial charge in [0.25, 0.3) is 0 Å². The molecule has 1 nitrogen and oxygen atoms in total. The molecule has 0 N–H and O–H groups in total. The second kappa shape index (κ2) is 15.9. The molecular weight excluding hydrogens is 292 g/mol. The van der Waals surface area contributed by atoms with Crippen molar-refractivity contribution in [1.29, 1.82) is 0 Å². The van der Waals surface area contributed by atoms with Gasteiger partial charge in [-0.15, -0.1) is 0 Å². The monoisotopic (exact) mass is 334 g/mol. The molecule has 1 saturated heterocycles. The zero-order valence-electron chi connectivity index (χ0n) is 16.5. The van der Waals surface area contributed by atoms with Gasteiger partial charge in [-0.3, -0.25) is 0 Å². The van der Waals surface area contributed by atoms with Crippen LogP contribution >= 0.6 is 0 Å². The van der Waals surface area contributed by atoms with Gasteiger partial charge in [-0.2, -0.15) is 0 Å². The van der Waals surface area contributed by atoms with Crippen molar-refractivity contribution in [2.45, 2.75) is 122 Å². The van der Waals surface area contributed by atoms with Crippen LogP contribution in [0.4, 0.5) is 0 Å². The summed E-state index contributed by atoms with van der Waals surface area (Å²) in [5, 5.41) is 0. The van der Waals surface area contributed by atoms with Crippen LogP contribution in [-0.4, -0.2) is 12.2 Å². The zero-order valence-corrected chi connectivity index (χ0v) is 16.5. The lowest BCUT2D eigenvalue weighted by Gasteiger charge is -2.02. The molecule has 1 rings (SSSR count). The van der Waals surface area contributed by atoms with Crippen LogP contribution in [0.5, 0.6) is 0 Å². The average Bonchev–Trinajstić information content (AvgIpc) is 3.34. The number of allylic oxidation sites excluding steroid dienone is 3. The minimum atomic E-state index is 0.527. The van der Waals surface area contributed by atoms with Gasteiger partial charge in [0.1, 0.15) is 0 Å². The lowest BCUT2D eigenvalue weighted by atomic mass is 10.0. The lowest BCUT2D eigenvalue weighted by Crippen LogP contribution is -1.93. The second-order valence-corrected chi connectivity index (χ2v) is 7.36. The first-order valence-electron chi connectivity index (χ1n) is 10.8. The number of ether oxygens (including phenoxy) is 1. The van der Waals surface area contributed by atoms with Crippen molar-refractivity contribution >= 4 is 0 Å². The van der Waals surface area contributed by atoms with Crippen LogP contribution in [0, 0.1) is 0 Å². The van der Waals surface area contributed by atoms with Crippen LogP contribution in [0.1, 0.15) is 110 Å². The van der Waals surface area contributed by atoms with E-state index in [1.165, 1.54) is 77.0 Å². The third-order valence-electron chi connectivity index (χ3n) is 4.99. The van der Waals surface area contributed by atoms with Gasteiger partial charge in [0.2, 0.25) is 0 Å². The molecule has 0 radical (unpaired) electrons. The molecule has 0 bridgehead atoms. The van der Waals surface area contributed by atoms with Crippen LogP contribution in [0.25, 0.3) is 0 Å². The quantitative estimate of drug-likeness (QED) is 0.150. The number of unbranched alkanes of at least 4 members (excludes halogenated alkanes) is 10. The summed E-state index contributed by atoms with van der Waals surface area (Å²) in [6.07, 6.45) is 30.4. The summed E-state index contributed by atoms with van der Waals surface area (Å²) in [5.74, 6) is 0. The van der Waals surface area contributed by atoms with E-state index < -0.39 is 0 Å². The van der Waals surface area contributed by atoms with Gasteiger partial charge < -0.3 is 4.74 Å².